The van der Waals surface area contributed by atoms with E-state index >= 15 is 0 Å². The van der Waals surface area contributed by atoms with E-state index in [1.807, 2.05) is 0 Å². The van der Waals surface area contributed by atoms with Gasteiger partial charge in [-0.15, -0.1) is 0 Å². The summed E-state index contributed by atoms with van der Waals surface area (Å²) >= 11 is 0. The number of nitrogens with zero attached hydrogens (tertiary/aromatic N) is 2. The summed E-state index contributed by atoms with van der Waals surface area (Å²) in [6.07, 6.45) is 4.34. The lowest BCUT2D eigenvalue weighted by molar-refractivity contribution is 0.242. The van der Waals surface area contributed by atoms with Gasteiger partial charge in [-0.3, -0.25) is 0 Å². The molecular formula is C4H3N2O2. The Labute approximate surface area is 45.7 Å². The fraction of sp³-hybridized carbons (Fsp3) is 0. The van der Waals surface area contributed by atoms with Gasteiger partial charge in [0.2, 0.25) is 0 Å². The summed E-state index contributed by atoms with van der Waals surface area (Å²) in [6, 6.07) is 0. The maximum atomic E-state index is 9.48. The van der Waals surface area contributed by atoms with Crippen molar-refractivity contribution in [2.24, 2.45) is 0 Å². The van der Waals surface area contributed by atoms with E-state index in [4.69, 9.17) is 0 Å². The molecule has 1 radical (unpaired) electrons. The van der Waals surface area contributed by atoms with E-state index in [0.717, 1.165) is 4.73 Å². The molecule has 1 rings (SSSR count). The van der Waals surface area contributed by atoms with Crippen molar-refractivity contribution in [2.45, 2.75) is 0 Å². The standard InChI is InChI=1S/C4H3N2O2/c7-4-8-6-2-1-5-3-6/h1-3H. The zero-order valence-corrected chi connectivity index (χ0v) is 3.94. The van der Waals surface area contributed by atoms with Gasteiger partial charge in [0.15, 0.2) is 0 Å². The van der Waals surface area contributed by atoms with Gasteiger partial charge in [0.05, 0.1) is 6.20 Å². The zero-order valence-electron chi connectivity index (χ0n) is 3.94. The first kappa shape index (κ1) is 4.83. The molecule has 0 aliphatic carbocycles. The summed E-state index contributed by atoms with van der Waals surface area (Å²) in [5, 5.41) is 0. The average Bonchev–Trinajstić information content (AvgIpc) is 2.19. The smallest absolute Gasteiger partial charge is 0.324 e. The van der Waals surface area contributed by atoms with Crippen molar-refractivity contribution in [3.8, 4) is 0 Å². The third kappa shape index (κ3) is 0.841. The molecule has 0 bridgehead atoms. The van der Waals surface area contributed by atoms with Crippen molar-refractivity contribution in [1.29, 1.82) is 0 Å². The SMILES string of the molecule is O=[C]On1ccnc1. The van der Waals surface area contributed by atoms with E-state index in [1.165, 1.54) is 25.2 Å². The molecule has 0 unspecified atom stereocenters. The molecule has 0 amide bonds. The molecule has 0 spiro atoms. The zero-order chi connectivity index (χ0) is 5.82. The Morgan fingerprint density at radius 3 is 3.12 bits per heavy atom. The summed E-state index contributed by atoms with van der Waals surface area (Å²) in [5.41, 5.74) is 0. The van der Waals surface area contributed by atoms with Crippen molar-refractivity contribution in [2.75, 3.05) is 0 Å². The van der Waals surface area contributed by atoms with Gasteiger partial charge in [-0.1, -0.05) is 0 Å². The molecule has 0 saturated carbocycles. The van der Waals surface area contributed by atoms with E-state index in [1.54, 1.807) is 0 Å². The molecule has 1 aromatic rings. The van der Waals surface area contributed by atoms with Crippen LogP contribution in [0.4, 0.5) is 0 Å². The van der Waals surface area contributed by atoms with E-state index in [-0.39, 0.29) is 0 Å². The summed E-state index contributed by atoms with van der Waals surface area (Å²) in [7, 11) is 0. The molecule has 0 atom stereocenters. The number of aromatic nitrogens is 2. The van der Waals surface area contributed by atoms with Crippen molar-refractivity contribution in [1.82, 2.24) is 9.71 Å². The van der Waals surface area contributed by atoms with E-state index < -0.39 is 0 Å². The second kappa shape index (κ2) is 2.11. The molecule has 8 heavy (non-hydrogen) atoms. The minimum atomic E-state index is 1.15. The molecule has 0 N–H and O–H groups in total. The first-order valence-electron chi connectivity index (χ1n) is 1.96. The van der Waals surface area contributed by atoms with Crippen LogP contribution >= 0.6 is 0 Å². The molecular weight excluding hydrogens is 108 g/mol. The van der Waals surface area contributed by atoms with E-state index in [9.17, 15) is 4.79 Å². The Hall–Kier alpha value is -1.32. The van der Waals surface area contributed by atoms with Gasteiger partial charge in [0.1, 0.15) is 6.33 Å². The quantitative estimate of drug-likeness (QED) is 0.510. The van der Waals surface area contributed by atoms with E-state index in [0.29, 0.717) is 0 Å². The topological polar surface area (TPSA) is 44.1 Å². The molecule has 0 aliphatic heterocycles. The highest BCUT2D eigenvalue weighted by Crippen LogP contribution is 1.75. The van der Waals surface area contributed by atoms with Crippen LogP contribution < -0.4 is 4.84 Å². The minimum Gasteiger partial charge on any atom is -0.324 e. The van der Waals surface area contributed by atoms with Gasteiger partial charge in [-0.25, -0.2) is 9.78 Å². The van der Waals surface area contributed by atoms with Crippen LogP contribution in [-0.4, -0.2) is 16.2 Å². The summed E-state index contributed by atoms with van der Waals surface area (Å²) < 4.78 is 1.15. The maximum Gasteiger partial charge on any atom is 0.444 e. The van der Waals surface area contributed by atoms with Crippen LogP contribution in [0.15, 0.2) is 18.7 Å². The Balaban J connectivity index is 2.62. The van der Waals surface area contributed by atoms with Crippen molar-refractivity contribution in [3.05, 3.63) is 18.7 Å². The fourth-order valence-electron chi connectivity index (χ4n) is 0.344. The van der Waals surface area contributed by atoms with Gasteiger partial charge in [-0.2, -0.15) is 4.73 Å². The lowest BCUT2D eigenvalue weighted by atomic mass is 11.0. The summed E-state index contributed by atoms with van der Waals surface area (Å²) in [4.78, 5) is 17.3. The van der Waals surface area contributed by atoms with Gasteiger partial charge in [0, 0.05) is 6.20 Å². The molecule has 0 aromatic carbocycles. The van der Waals surface area contributed by atoms with Crippen LogP contribution in [-0.2, 0) is 4.79 Å². The van der Waals surface area contributed by atoms with Crippen molar-refractivity contribution >= 4 is 6.47 Å². The van der Waals surface area contributed by atoms with Gasteiger partial charge >= 0.3 is 6.47 Å². The second-order valence-corrected chi connectivity index (χ2v) is 1.10. The highest BCUT2D eigenvalue weighted by molar-refractivity contribution is 5.38. The molecule has 4 heteroatoms. The van der Waals surface area contributed by atoms with Gasteiger partial charge in [0.25, 0.3) is 0 Å². The Kier molecular flexibility index (Phi) is 1.27. The normalized spacial score (nSPS) is 8.50. The third-order valence-corrected chi connectivity index (χ3v) is 0.623. The molecule has 0 saturated heterocycles. The van der Waals surface area contributed by atoms with Crippen molar-refractivity contribution < 1.29 is 9.63 Å². The van der Waals surface area contributed by atoms with Gasteiger partial charge < -0.3 is 4.84 Å². The van der Waals surface area contributed by atoms with Crippen LogP contribution in [0.25, 0.3) is 0 Å². The Morgan fingerprint density at radius 1 is 1.75 bits per heavy atom. The number of hydrogen-bond donors (Lipinski definition) is 0. The molecule has 0 fully saturated rings. The molecule has 4 nitrogen and oxygen atoms in total. The van der Waals surface area contributed by atoms with Crippen LogP contribution in [0, 0.1) is 0 Å². The highest BCUT2D eigenvalue weighted by atomic mass is 16.7. The van der Waals surface area contributed by atoms with E-state index in [2.05, 4.69) is 9.82 Å². The largest absolute Gasteiger partial charge is 0.444 e. The Morgan fingerprint density at radius 2 is 2.62 bits per heavy atom. The Bertz CT molecular complexity index is 159. The number of carbonyl (C=O) groups excluding carboxylic acids is 1. The van der Waals surface area contributed by atoms with Crippen LogP contribution in [0.3, 0.4) is 0 Å². The molecule has 1 heterocycles. The maximum absolute atomic E-state index is 9.48. The number of hydrogen-bond acceptors (Lipinski definition) is 3. The first-order chi connectivity index (χ1) is 3.93. The molecule has 41 valence electrons. The van der Waals surface area contributed by atoms with Gasteiger partial charge in [-0.05, 0) is 0 Å². The fourth-order valence-corrected chi connectivity index (χ4v) is 0.344. The van der Waals surface area contributed by atoms with Crippen LogP contribution in [0.5, 0.6) is 0 Å². The second-order valence-electron chi connectivity index (χ2n) is 1.10. The lowest BCUT2D eigenvalue weighted by Crippen LogP contribution is -2.04. The summed E-state index contributed by atoms with van der Waals surface area (Å²) in [5.74, 6) is 0. The molecule has 0 aliphatic rings. The highest BCUT2D eigenvalue weighted by Gasteiger charge is 1.83. The first-order valence-corrected chi connectivity index (χ1v) is 1.96. The van der Waals surface area contributed by atoms with Crippen LogP contribution in [0.2, 0.25) is 0 Å². The third-order valence-electron chi connectivity index (χ3n) is 0.623. The average molecular weight is 111 g/mol. The lowest BCUT2D eigenvalue weighted by Gasteiger charge is -1.88. The molecule has 1 aromatic heterocycles. The number of rotatable bonds is 2. The monoisotopic (exact) mass is 111 g/mol. The minimum absolute atomic E-state index is 1.15. The predicted octanol–water partition coefficient (Wildman–Crippen LogP) is -0.621. The summed E-state index contributed by atoms with van der Waals surface area (Å²) in [6.45, 7) is 1.24. The van der Waals surface area contributed by atoms with Crippen molar-refractivity contribution in [3.63, 3.8) is 0 Å². The number of imidazole rings is 1. The predicted molar refractivity (Wildman–Crippen MR) is 24.5 cm³/mol. The van der Waals surface area contributed by atoms with Crippen LogP contribution in [0.1, 0.15) is 0 Å².